The Bertz CT molecular complexity index is 910. The van der Waals surface area contributed by atoms with E-state index in [1.165, 1.54) is 21.3 Å². The molecule has 1 aliphatic rings. The van der Waals surface area contributed by atoms with E-state index in [0.717, 1.165) is 0 Å². The normalized spacial score (nSPS) is 23.8. The summed E-state index contributed by atoms with van der Waals surface area (Å²) in [5.74, 6) is -0.970. The van der Waals surface area contributed by atoms with Crippen molar-refractivity contribution in [1.29, 1.82) is 0 Å². The van der Waals surface area contributed by atoms with Gasteiger partial charge in [-0.3, -0.25) is 4.79 Å². The van der Waals surface area contributed by atoms with Crippen LogP contribution in [-0.4, -0.2) is 88.1 Å². The van der Waals surface area contributed by atoms with E-state index in [0.29, 0.717) is 11.1 Å². The Morgan fingerprint density at radius 1 is 0.941 bits per heavy atom. The largest absolute Gasteiger partial charge is 0.453 e. The molecule has 0 radical (unpaired) electrons. The van der Waals surface area contributed by atoms with Crippen molar-refractivity contribution in [2.45, 2.75) is 36.6 Å². The first-order valence-corrected chi connectivity index (χ1v) is 11.0. The monoisotopic (exact) mass is 473 g/mol. The van der Waals surface area contributed by atoms with Crippen molar-refractivity contribution < 1.29 is 38.4 Å². The van der Waals surface area contributed by atoms with E-state index in [1.54, 1.807) is 60.7 Å². The van der Waals surface area contributed by atoms with Crippen molar-refractivity contribution in [2.75, 3.05) is 34.5 Å². The highest BCUT2D eigenvalue weighted by atomic mass is 16.6. The number of hydrogen-bond acceptors (Lipinski definition) is 8. The molecule has 2 aromatic carbocycles. The Kier molecular flexibility index (Phi) is 9.55. The lowest BCUT2D eigenvalue weighted by Gasteiger charge is -2.28. The lowest BCUT2D eigenvalue weighted by atomic mass is 9.99. The number of aliphatic hydroxyl groups is 1. The molecule has 9 nitrogen and oxygen atoms in total. The van der Waals surface area contributed by atoms with Gasteiger partial charge in [-0.05, 0) is 24.3 Å². The van der Waals surface area contributed by atoms with E-state index in [4.69, 9.17) is 23.7 Å². The van der Waals surface area contributed by atoms with Crippen LogP contribution >= 0.6 is 0 Å². The van der Waals surface area contributed by atoms with E-state index in [1.807, 2.05) is 0 Å². The Balaban J connectivity index is 1.89. The molecular formula is C25H31NO8. The van der Waals surface area contributed by atoms with E-state index < -0.39 is 55.0 Å². The zero-order chi connectivity index (χ0) is 24.5. The summed E-state index contributed by atoms with van der Waals surface area (Å²) in [5.41, 5.74) is 0.777. The highest BCUT2D eigenvalue weighted by Crippen LogP contribution is 2.32. The highest BCUT2D eigenvalue weighted by molar-refractivity contribution is 5.94. The van der Waals surface area contributed by atoms with Crippen molar-refractivity contribution in [3.8, 4) is 0 Å². The Morgan fingerprint density at radius 3 is 2.09 bits per heavy atom. The van der Waals surface area contributed by atoms with Gasteiger partial charge in [0.15, 0.2) is 6.10 Å². The van der Waals surface area contributed by atoms with Crippen LogP contribution in [0, 0.1) is 0 Å². The van der Waals surface area contributed by atoms with Gasteiger partial charge in [-0.15, -0.1) is 0 Å². The van der Waals surface area contributed by atoms with Gasteiger partial charge in [-0.2, -0.15) is 0 Å². The Hall–Kier alpha value is -2.82. The first-order chi connectivity index (χ1) is 16.5. The molecule has 1 aliphatic heterocycles. The number of hydrogen-bond donors (Lipinski definition) is 2. The van der Waals surface area contributed by atoms with Crippen molar-refractivity contribution in [3.63, 3.8) is 0 Å². The number of esters is 1. The van der Waals surface area contributed by atoms with Gasteiger partial charge in [0.2, 0.25) is 0 Å². The second-order valence-electron chi connectivity index (χ2n) is 7.86. The predicted octanol–water partition coefficient (Wildman–Crippen LogP) is 1.45. The van der Waals surface area contributed by atoms with Crippen molar-refractivity contribution in [2.24, 2.45) is 0 Å². The minimum atomic E-state index is -0.939. The summed E-state index contributed by atoms with van der Waals surface area (Å²) < 4.78 is 28.5. The van der Waals surface area contributed by atoms with Gasteiger partial charge >= 0.3 is 5.97 Å². The molecule has 1 amide bonds. The Labute approximate surface area is 198 Å². The molecule has 1 heterocycles. The zero-order valence-corrected chi connectivity index (χ0v) is 19.5. The van der Waals surface area contributed by atoms with Crippen molar-refractivity contribution >= 4 is 11.9 Å². The van der Waals surface area contributed by atoms with E-state index in [-0.39, 0.29) is 6.61 Å². The van der Waals surface area contributed by atoms with Crippen LogP contribution < -0.4 is 5.32 Å². The molecule has 6 atom stereocenters. The zero-order valence-electron chi connectivity index (χ0n) is 19.5. The molecular weight excluding hydrogens is 442 g/mol. The maximum absolute atomic E-state index is 12.9. The molecule has 1 saturated heterocycles. The van der Waals surface area contributed by atoms with Gasteiger partial charge in [-0.25, -0.2) is 4.79 Å². The third kappa shape index (κ3) is 5.99. The maximum atomic E-state index is 12.9. The Morgan fingerprint density at radius 2 is 1.56 bits per heavy atom. The average molecular weight is 474 g/mol. The van der Waals surface area contributed by atoms with Gasteiger partial charge in [0.05, 0.1) is 24.8 Å². The molecule has 9 heteroatoms. The average Bonchev–Trinajstić information content (AvgIpc) is 3.24. The number of aliphatic hydroxyl groups excluding tert-OH is 1. The molecule has 2 N–H and O–H groups in total. The number of rotatable bonds is 11. The lowest BCUT2D eigenvalue weighted by Crippen LogP contribution is -2.52. The van der Waals surface area contributed by atoms with Gasteiger partial charge in [0.25, 0.3) is 5.91 Å². The van der Waals surface area contributed by atoms with Crippen LogP contribution in [0.3, 0.4) is 0 Å². The molecule has 1 fully saturated rings. The molecule has 2 aromatic rings. The molecule has 0 saturated carbocycles. The molecule has 34 heavy (non-hydrogen) atoms. The molecule has 0 aliphatic carbocycles. The lowest BCUT2D eigenvalue weighted by molar-refractivity contribution is -0.113. The van der Waals surface area contributed by atoms with Crippen molar-refractivity contribution in [3.05, 3.63) is 71.8 Å². The van der Waals surface area contributed by atoms with Gasteiger partial charge in [-0.1, -0.05) is 36.4 Å². The SMILES string of the molecule is COC[C@H](OC)[C@H]1O[C@H]([C@@H](CO)NC(=O)c2ccccc2)[C@H](OC(=O)c2ccccc2)[C@H]1OC. The smallest absolute Gasteiger partial charge is 0.338 e. The summed E-state index contributed by atoms with van der Waals surface area (Å²) in [6.07, 6.45) is -3.81. The summed E-state index contributed by atoms with van der Waals surface area (Å²) in [6.45, 7) is -0.249. The number of carbonyl (C=O) groups is 2. The van der Waals surface area contributed by atoms with Gasteiger partial charge in [0, 0.05) is 26.9 Å². The van der Waals surface area contributed by atoms with Crippen LogP contribution in [-0.2, 0) is 23.7 Å². The predicted molar refractivity (Wildman–Crippen MR) is 123 cm³/mol. The number of benzene rings is 2. The summed E-state index contributed by atoms with van der Waals surface area (Å²) in [6, 6.07) is 16.2. The van der Waals surface area contributed by atoms with E-state index >= 15 is 0 Å². The minimum absolute atomic E-state index is 0.202. The summed E-state index contributed by atoms with van der Waals surface area (Å²) >= 11 is 0. The minimum Gasteiger partial charge on any atom is -0.453 e. The molecule has 184 valence electrons. The molecule has 0 bridgehead atoms. The number of carbonyl (C=O) groups excluding carboxylic acids is 2. The second-order valence-corrected chi connectivity index (χ2v) is 7.86. The number of nitrogens with one attached hydrogen (secondary N) is 1. The van der Waals surface area contributed by atoms with Crippen LogP contribution in [0.5, 0.6) is 0 Å². The molecule has 3 rings (SSSR count). The topological polar surface area (TPSA) is 113 Å². The summed E-state index contributed by atoms with van der Waals surface area (Å²) in [4.78, 5) is 25.7. The van der Waals surface area contributed by atoms with Crippen LogP contribution in [0.15, 0.2) is 60.7 Å². The van der Waals surface area contributed by atoms with Crippen LogP contribution in [0.25, 0.3) is 0 Å². The van der Waals surface area contributed by atoms with E-state index in [2.05, 4.69) is 5.32 Å². The standard InChI is InChI=1S/C25H31NO8/c1-30-15-19(31-2)21-22(32-3)23(34-25(29)17-12-8-5-9-13-17)20(33-21)18(14-27)26-24(28)16-10-6-4-7-11-16/h4-13,18-23,27H,14-15H2,1-3H3,(H,26,28)/t18-,19+,20-,21-,22+,23+/m1/s1. The maximum Gasteiger partial charge on any atom is 0.338 e. The number of ether oxygens (including phenoxy) is 5. The van der Waals surface area contributed by atoms with Crippen molar-refractivity contribution in [1.82, 2.24) is 5.32 Å². The molecule has 0 unspecified atom stereocenters. The number of methoxy groups -OCH3 is 3. The summed E-state index contributed by atoms with van der Waals surface area (Å²) in [5, 5.41) is 13.0. The van der Waals surface area contributed by atoms with Crippen LogP contribution in [0.4, 0.5) is 0 Å². The first kappa shape index (κ1) is 25.8. The number of amides is 1. The highest BCUT2D eigenvalue weighted by Gasteiger charge is 2.53. The molecule has 0 aromatic heterocycles. The fourth-order valence-corrected chi connectivity index (χ4v) is 4.04. The summed E-state index contributed by atoms with van der Waals surface area (Å²) in [7, 11) is 4.52. The molecule has 0 spiro atoms. The fraction of sp³-hybridized carbons (Fsp3) is 0.440. The van der Waals surface area contributed by atoms with Crippen LogP contribution in [0.1, 0.15) is 20.7 Å². The fourth-order valence-electron chi connectivity index (χ4n) is 4.04. The third-order valence-electron chi connectivity index (χ3n) is 5.76. The van der Waals surface area contributed by atoms with Gasteiger partial charge < -0.3 is 34.1 Å². The quantitative estimate of drug-likeness (QED) is 0.472. The second kappa shape index (κ2) is 12.6. The van der Waals surface area contributed by atoms with Crippen LogP contribution in [0.2, 0.25) is 0 Å². The van der Waals surface area contributed by atoms with Gasteiger partial charge in [0.1, 0.15) is 24.4 Å². The first-order valence-electron chi connectivity index (χ1n) is 11.0. The third-order valence-corrected chi connectivity index (χ3v) is 5.76. The van der Waals surface area contributed by atoms with E-state index in [9.17, 15) is 14.7 Å².